The van der Waals surface area contributed by atoms with Crippen LogP contribution in [0.2, 0.25) is 0 Å². The van der Waals surface area contributed by atoms with Gasteiger partial charge in [-0.1, -0.05) is 0 Å². The van der Waals surface area contributed by atoms with Crippen molar-refractivity contribution in [1.82, 2.24) is 0 Å². The zero-order valence-corrected chi connectivity index (χ0v) is 6.57. The molecule has 0 aliphatic carbocycles. The molecule has 0 aromatic carbocycles. The largest absolute Gasteiger partial charge is 0.245 e. The lowest BCUT2D eigenvalue weighted by Gasteiger charge is -2.08. The molecule has 1 rings (SSSR count). The molecule has 0 radical (unpaired) electrons. The van der Waals surface area contributed by atoms with Gasteiger partial charge in [-0.15, -0.1) is 0 Å². The van der Waals surface area contributed by atoms with Gasteiger partial charge in [0, 0.05) is 0 Å². The lowest BCUT2D eigenvalue weighted by molar-refractivity contribution is 0.0349. The van der Waals surface area contributed by atoms with E-state index >= 15 is 0 Å². The van der Waals surface area contributed by atoms with Gasteiger partial charge in [0.2, 0.25) is 11.9 Å². The second kappa shape index (κ2) is 2.86. The molecule has 3 atom stereocenters. The van der Waals surface area contributed by atoms with Crippen LogP contribution < -0.4 is 0 Å². The van der Waals surface area contributed by atoms with Gasteiger partial charge in [0.25, 0.3) is 0 Å². The van der Waals surface area contributed by atoms with E-state index in [0.717, 1.165) is 0 Å². The summed E-state index contributed by atoms with van der Waals surface area (Å²) in [4.78, 5) is 0. The average molecular weight is 206 g/mol. The maximum absolute atomic E-state index is 12.5. The van der Waals surface area contributed by atoms with Gasteiger partial charge < -0.3 is 0 Å². The minimum atomic E-state index is -4.29. The number of rotatable bonds is 1. The second-order valence-electron chi connectivity index (χ2n) is 2.62. The van der Waals surface area contributed by atoms with Crippen molar-refractivity contribution in [3.63, 3.8) is 0 Å². The Labute approximate surface area is 66.5 Å². The van der Waals surface area contributed by atoms with Crippen LogP contribution in [-0.2, 0) is 9.84 Å². The molecule has 1 fully saturated rings. The van der Waals surface area contributed by atoms with E-state index in [1.165, 1.54) is 0 Å². The lowest BCUT2D eigenvalue weighted by atomic mass is 10.1. The van der Waals surface area contributed by atoms with E-state index in [4.69, 9.17) is 0 Å². The van der Waals surface area contributed by atoms with Crippen LogP contribution in [0, 0.1) is 5.92 Å². The summed E-state index contributed by atoms with van der Waals surface area (Å²) >= 11 is 0. The number of sulfone groups is 1. The molecule has 1 heterocycles. The number of hydrogen-bond acceptors (Lipinski definition) is 2. The SMILES string of the molecule is O=S1(=O)CC(C(F)F)C(F)C1F. The molecule has 72 valence electrons. The molecule has 0 spiro atoms. The Morgan fingerprint density at radius 3 is 1.92 bits per heavy atom. The average Bonchev–Trinajstić information content (AvgIpc) is 2.14. The van der Waals surface area contributed by atoms with Crippen molar-refractivity contribution in [2.24, 2.45) is 5.92 Å². The van der Waals surface area contributed by atoms with Crippen LogP contribution in [-0.4, -0.2) is 32.3 Å². The quantitative estimate of drug-likeness (QED) is 0.598. The van der Waals surface area contributed by atoms with Gasteiger partial charge in [0.05, 0.1) is 11.7 Å². The van der Waals surface area contributed by atoms with Crippen LogP contribution in [0.3, 0.4) is 0 Å². The van der Waals surface area contributed by atoms with Crippen molar-refractivity contribution >= 4 is 9.84 Å². The highest BCUT2D eigenvalue weighted by molar-refractivity contribution is 7.92. The minimum absolute atomic E-state index is 1.10. The van der Waals surface area contributed by atoms with Crippen molar-refractivity contribution in [3.05, 3.63) is 0 Å². The molecule has 0 aromatic heterocycles. The maximum atomic E-state index is 12.5. The summed E-state index contributed by atoms with van der Waals surface area (Å²) in [5, 5.41) is 0. The summed E-state index contributed by atoms with van der Waals surface area (Å²) in [5.74, 6) is -3.11. The van der Waals surface area contributed by atoms with E-state index in [1.54, 1.807) is 0 Å². The Morgan fingerprint density at radius 2 is 1.75 bits per heavy atom. The van der Waals surface area contributed by atoms with E-state index in [9.17, 15) is 26.0 Å². The van der Waals surface area contributed by atoms with E-state index in [1.807, 2.05) is 0 Å². The first-order valence-corrected chi connectivity index (χ1v) is 4.85. The standard InChI is InChI=1S/C5H6F4O2S/c6-3-2(4(7)8)1-12(10,11)5(3)9/h2-5H,1H2. The first-order chi connectivity index (χ1) is 5.36. The third kappa shape index (κ3) is 1.41. The van der Waals surface area contributed by atoms with Crippen molar-refractivity contribution in [2.45, 2.75) is 18.1 Å². The first kappa shape index (κ1) is 9.76. The van der Waals surface area contributed by atoms with Crippen LogP contribution in [0.15, 0.2) is 0 Å². The van der Waals surface area contributed by atoms with E-state index in [-0.39, 0.29) is 0 Å². The lowest BCUT2D eigenvalue weighted by Crippen LogP contribution is -2.24. The molecule has 0 amide bonds. The first-order valence-electron chi connectivity index (χ1n) is 3.14. The minimum Gasteiger partial charge on any atom is -0.243 e. The molecule has 0 bridgehead atoms. The summed E-state index contributed by atoms with van der Waals surface area (Å²) in [7, 11) is -4.29. The Hall–Kier alpha value is -0.330. The Bertz CT molecular complexity index is 263. The fourth-order valence-electron chi connectivity index (χ4n) is 1.06. The fourth-order valence-corrected chi connectivity index (χ4v) is 2.70. The molecule has 1 saturated heterocycles. The summed E-state index contributed by atoms with van der Waals surface area (Å²) < 4.78 is 69.7. The summed E-state index contributed by atoms with van der Waals surface area (Å²) in [6.07, 6.45) is -5.72. The van der Waals surface area contributed by atoms with Crippen LogP contribution in [0.25, 0.3) is 0 Å². The summed E-state index contributed by atoms with van der Waals surface area (Å²) in [6.45, 7) is 0. The van der Waals surface area contributed by atoms with Gasteiger partial charge in [-0.25, -0.2) is 26.0 Å². The van der Waals surface area contributed by atoms with Crippen molar-refractivity contribution in [1.29, 1.82) is 0 Å². The molecule has 0 aromatic rings. The Balaban J connectivity index is 2.89. The van der Waals surface area contributed by atoms with Crippen molar-refractivity contribution in [2.75, 3.05) is 5.75 Å². The molecule has 7 heteroatoms. The number of hydrogen-bond donors (Lipinski definition) is 0. The van der Waals surface area contributed by atoms with E-state index < -0.39 is 39.6 Å². The van der Waals surface area contributed by atoms with Crippen LogP contribution in [0.1, 0.15) is 0 Å². The highest BCUT2D eigenvalue weighted by atomic mass is 32.2. The predicted octanol–water partition coefficient (Wildman–Crippen LogP) is 0.930. The molecule has 0 saturated carbocycles. The van der Waals surface area contributed by atoms with E-state index in [0.29, 0.717) is 0 Å². The smallest absolute Gasteiger partial charge is 0.243 e. The zero-order valence-electron chi connectivity index (χ0n) is 5.75. The highest BCUT2D eigenvalue weighted by Crippen LogP contribution is 2.33. The van der Waals surface area contributed by atoms with Crippen LogP contribution in [0.4, 0.5) is 17.6 Å². The van der Waals surface area contributed by atoms with Gasteiger partial charge >= 0.3 is 0 Å². The van der Waals surface area contributed by atoms with Crippen molar-refractivity contribution in [3.8, 4) is 0 Å². The number of alkyl halides is 4. The third-order valence-corrected chi connectivity index (χ3v) is 3.55. The summed E-state index contributed by atoms with van der Waals surface area (Å²) in [5.41, 5.74) is -2.78. The molecular weight excluding hydrogens is 200 g/mol. The molecular formula is C5H6F4O2S. The van der Waals surface area contributed by atoms with Crippen LogP contribution in [0.5, 0.6) is 0 Å². The molecule has 1 aliphatic heterocycles. The van der Waals surface area contributed by atoms with Crippen molar-refractivity contribution < 1.29 is 26.0 Å². The Morgan fingerprint density at radius 1 is 1.25 bits per heavy atom. The molecule has 2 nitrogen and oxygen atoms in total. The third-order valence-electron chi connectivity index (χ3n) is 1.75. The zero-order chi connectivity index (χ0) is 9.52. The van der Waals surface area contributed by atoms with Gasteiger partial charge in [0.15, 0.2) is 16.0 Å². The number of halogens is 4. The monoisotopic (exact) mass is 206 g/mol. The van der Waals surface area contributed by atoms with Gasteiger partial charge in [0.1, 0.15) is 0 Å². The Kier molecular flexibility index (Phi) is 2.33. The fraction of sp³-hybridized carbons (Fsp3) is 1.00. The van der Waals surface area contributed by atoms with Crippen LogP contribution >= 0.6 is 0 Å². The maximum Gasteiger partial charge on any atom is 0.245 e. The van der Waals surface area contributed by atoms with Gasteiger partial charge in [-0.3, -0.25) is 0 Å². The van der Waals surface area contributed by atoms with E-state index in [2.05, 4.69) is 0 Å². The van der Waals surface area contributed by atoms with Gasteiger partial charge in [-0.2, -0.15) is 0 Å². The molecule has 0 N–H and O–H groups in total. The summed E-state index contributed by atoms with van der Waals surface area (Å²) in [6, 6.07) is 0. The molecule has 12 heavy (non-hydrogen) atoms. The second-order valence-corrected chi connectivity index (χ2v) is 4.73. The normalized spacial score (nSPS) is 40.6. The topological polar surface area (TPSA) is 34.1 Å². The highest BCUT2D eigenvalue weighted by Gasteiger charge is 2.52. The molecule has 1 aliphatic rings. The van der Waals surface area contributed by atoms with Gasteiger partial charge in [-0.05, 0) is 0 Å². The molecule has 3 unspecified atom stereocenters. The predicted molar refractivity (Wildman–Crippen MR) is 33.1 cm³/mol.